The minimum absolute atomic E-state index is 0.0661. The van der Waals surface area contributed by atoms with E-state index in [1.165, 1.54) is 64.2 Å². The highest BCUT2D eigenvalue weighted by Crippen LogP contribution is 2.18. The number of carbonyl (C=O) groups excluding carboxylic acids is 1. The molecule has 0 amide bonds. The molecule has 23 heavy (non-hydrogen) atoms. The lowest BCUT2D eigenvalue weighted by Gasteiger charge is -2.15. The number of ketones is 1. The van der Waals surface area contributed by atoms with E-state index in [9.17, 15) is 9.90 Å². The number of hydrogen-bond acceptors (Lipinski definition) is 2. The van der Waals surface area contributed by atoms with Gasteiger partial charge >= 0.3 is 0 Å². The fraction of sp³-hybridized carbons (Fsp3) is 0.857. The van der Waals surface area contributed by atoms with E-state index in [0.29, 0.717) is 18.8 Å². The van der Waals surface area contributed by atoms with Crippen LogP contribution >= 0.6 is 0 Å². The zero-order valence-electron chi connectivity index (χ0n) is 15.3. The van der Waals surface area contributed by atoms with Crippen molar-refractivity contribution in [2.45, 2.75) is 109 Å². The van der Waals surface area contributed by atoms with Gasteiger partial charge in [-0.2, -0.15) is 0 Å². The predicted octanol–water partition coefficient (Wildman–Crippen LogP) is 5.97. The Morgan fingerprint density at radius 2 is 1.35 bits per heavy atom. The molecule has 2 heteroatoms. The third kappa shape index (κ3) is 11.5. The number of hydrogen-bond donors (Lipinski definition) is 1. The van der Waals surface area contributed by atoms with Crippen molar-refractivity contribution in [2.24, 2.45) is 5.92 Å². The lowest BCUT2D eigenvalue weighted by atomic mass is 9.93. The molecule has 0 aliphatic heterocycles. The molecule has 2 atom stereocenters. The monoisotopic (exact) mass is 322 g/mol. The van der Waals surface area contributed by atoms with Crippen molar-refractivity contribution in [1.29, 1.82) is 0 Å². The quantitative estimate of drug-likeness (QED) is 0.557. The Morgan fingerprint density at radius 1 is 0.826 bits per heavy atom. The molecule has 1 unspecified atom stereocenters. The van der Waals surface area contributed by atoms with E-state index in [1.54, 1.807) is 0 Å². The van der Waals surface area contributed by atoms with Crippen molar-refractivity contribution in [3.63, 3.8) is 0 Å². The van der Waals surface area contributed by atoms with Crippen LogP contribution in [0.1, 0.15) is 103 Å². The van der Waals surface area contributed by atoms with Gasteiger partial charge < -0.3 is 5.11 Å². The average molecular weight is 323 g/mol. The first-order valence-corrected chi connectivity index (χ1v) is 10.1. The largest absolute Gasteiger partial charge is 0.385 e. The minimum atomic E-state index is -0.722. The van der Waals surface area contributed by atoms with Crippen molar-refractivity contribution >= 4 is 5.78 Å². The molecule has 2 nitrogen and oxygen atoms in total. The topological polar surface area (TPSA) is 37.3 Å². The fourth-order valence-corrected chi connectivity index (χ4v) is 3.41. The summed E-state index contributed by atoms with van der Waals surface area (Å²) >= 11 is 0. The molecular formula is C21H38O2. The second kappa shape index (κ2) is 13.8. The van der Waals surface area contributed by atoms with Gasteiger partial charge in [-0.25, -0.2) is 0 Å². The molecule has 1 N–H and O–H groups in total. The molecule has 0 aromatic carbocycles. The SMILES string of the molecule is C[C@H]1CCCCCC/C=C\CCCCCCCCC(=O)C(O)C1. The van der Waals surface area contributed by atoms with Crippen LogP contribution < -0.4 is 0 Å². The van der Waals surface area contributed by atoms with Crippen LogP contribution in [0.5, 0.6) is 0 Å². The molecule has 1 aliphatic rings. The summed E-state index contributed by atoms with van der Waals surface area (Å²) in [4.78, 5) is 12.0. The molecular weight excluding hydrogens is 284 g/mol. The van der Waals surface area contributed by atoms with Crippen molar-refractivity contribution in [3.8, 4) is 0 Å². The number of Topliss-reactive ketones (excluding diaryl/α,β-unsaturated/α-hetero) is 1. The highest BCUT2D eigenvalue weighted by molar-refractivity contribution is 5.82. The number of carbonyl (C=O) groups is 1. The highest BCUT2D eigenvalue weighted by atomic mass is 16.3. The standard InChI is InChI=1S/C21H38O2/c1-19-16-14-12-10-8-6-4-2-3-5-7-9-11-13-15-17-20(22)21(23)18-19/h2,4,19,21,23H,3,5-18H2,1H3/b4-2-/t19-,21?/m0/s1. The van der Waals surface area contributed by atoms with Gasteiger partial charge in [0.25, 0.3) is 0 Å². The van der Waals surface area contributed by atoms with Gasteiger partial charge in [-0.15, -0.1) is 0 Å². The molecule has 1 aliphatic carbocycles. The van der Waals surface area contributed by atoms with Crippen molar-refractivity contribution in [3.05, 3.63) is 12.2 Å². The molecule has 0 aromatic heterocycles. The van der Waals surface area contributed by atoms with Crippen LogP contribution in [0.4, 0.5) is 0 Å². The minimum Gasteiger partial charge on any atom is -0.385 e. The second-order valence-corrected chi connectivity index (χ2v) is 7.45. The van der Waals surface area contributed by atoms with E-state index in [2.05, 4.69) is 19.1 Å². The van der Waals surface area contributed by atoms with Crippen LogP contribution in [0.2, 0.25) is 0 Å². The molecule has 0 radical (unpaired) electrons. The number of rotatable bonds is 0. The van der Waals surface area contributed by atoms with E-state index in [4.69, 9.17) is 0 Å². The normalized spacial score (nSPS) is 29.7. The van der Waals surface area contributed by atoms with Crippen LogP contribution in [0.15, 0.2) is 12.2 Å². The Balaban J connectivity index is 2.32. The lowest BCUT2D eigenvalue weighted by molar-refractivity contribution is -0.128. The maximum absolute atomic E-state index is 12.0. The predicted molar refractivity (Wildman–Crippen MR) is 98.6 cm³/mol. The van der Waals surface area contributed by atoms with Crippen molar-refractivity contribution in [1.82, 2.24) is 0 Å². The third-order valence-corrected chi connectivity index (χ3v) is 5.03. The Bertz CT molecular complexity index is 322. The van der Waals surface area contributed by atoms with E-state index in [0.717, 1.165) is 19.3 Å². The molecule has 0 saturated carbocycles. The van der Waals surface area contributed by atoms with E-state index in [1.807, 2.05) is 0 Å². The van der Waals surface area contributed by atoms with Gasteiger partial charge in [0.05, 0.1) is 0 Å². The first kappa shape index (κ1) is 20.4. The van der Waals surface area contributed by atoms with E-state index >= 15 is 0 Å². The Kier molecular flexibility index (Phi) is 12.2. The van der Waals surface area contributed by atoms with Gasteiger partial charge in [0.15, 0.2) is 5.78 Å². The summed E-state index contributed by atoms with van der Waals surface area (Å²) in [5, 5.41) is 10.1. The molecule has 0 fully saturated rings. The van der Waals surface area contributed by atoms with Crippen LogP contribution in [0, 0.1) is 5.92 Å². The third-order valence-electron chi connectivity index (χ3n) is 5.03. The molecule has 0 heterocycles. The highest BCUT2D eigenvalue weighted by Gasteiger charge is 2.17. The van der Waals surface area contributed by atoms with Crippen LogP contribution in [0.25, 0.3) is 0 Å². The molecule has 0 spiro atoms. The molecule has 1 rings (SSSR count). The summed E-state index contributed by atoms with van der Waals surface area (Å²) in [6.45, 7) is 2.17. The van der Waals surface area contributed by atoms with Gasteiger partial charge in [0, 0.05) is 6.42 Å². The molecule has 0 saturated heterocycles. The lowest BCUT2D eigenvalue weighted by Crippen LogP contribution is -2.22. The van der Waals surface area contributed by atoms with Crippen LogP contribution in [0.3, 0.4) is 0 Å². The summed E-state index contributed by atoms with van der Waals surface area (Å²) in [6, 6.07) is 0. The maximum atomic E-state index is 12.0. The van der Waals surface area contributed by atoms with E-state index < -0.39 is 6.10 Å². The van der Waals surface area contributed by atoms with Crippen molar-refractivity contribution in [2.75, 3.05) is 0 Å². The fourth-order valence-electron chi connectivity index (χ4n) is 3.41. The zero-order valence-corrected chi connectivity index (χ0v) is 15.3. The first-order valence-electron chi connectivity index (χ1n) is 10.1. The molecule has 0 aromatic rings. The van der Waals surface area contributed by atoms with Crippen LogP contribution in [-0.2, 0) is 4.79 Å². The maximum Gasteiger partial charge on any atom is 0.161 e. The average Bonchev–Trinajstić information content (AvgIpc) is 2.53. The summed E-state index contributed by atoms with van der Waals surface area (Å²) in [6.07, 6.45) is 21.1. The van der Waals surface area contributed by atoms with Gasteiger partial charge in [0.2, 0.25) is 0 Å². The molecule has 134 valence electrons. The summed E-state index contributed by atoms with van der Waals surface area (Å²) in [5.41, 5.74) is 0. The molecule has 0 bridgehead atoms. The number of aliphatic hydroxyl groups is 1. The van der Waals surface area contributed by atoms with Gasteiger partial charge in [0.1, 0.15) is 6.10 Å². The van der Waals surface area contributed by atoms with Gasteiger partial charge in [-0.05, 0) is 44.4 Å². The second-order valence-electron chi connectivity index (χ2n) is 7.45. The van der Waals surface area contributed by atoms with Gasteiger partial charge in [-0.3, -0.25) is 4.79 Å². The Labute approximate surface area is 143 Å². The summed E-state index contributed by atoms with van der Waals surface area (Å²) < 4.78 is 0. The number of aliphatic hydroxyl groups excluding tert-OH is 1. The first-order chi connectivity index (χ1) is 11.2. The Hall–Kier alpha value is -0.630. The Morgan fingerprint density at radius 3 is 2.00 bits per heavy atom. The number of allylic oxidation sites excluding steroid dienone is 2. The van der Waals surface area contributed by atoms with Gasteiger partial charge in [-0.1, -0.05) is 70.4 Å². The summed E-state index contributed by atoms with van der Waals surface area (Å²) in [5.74, 6) is 0.524. The summed E-state index contributed by atoms with van der Waals surface area (Å²) in [7, 11) is 0. The van der Waals surface area contributed by atoms with E-state index in [-0.39, 0.29) is 5.78 Å². The smallest absolute Gasteiger partial charge is 0.161 e. The van der Waals surface area contributed by atoms with Crippen molar-refractivity contribution < 1.29 is 9.90 Å². The van der Waals surface area contributed by atoms with Crippen LogP contribution in [-0.4, -0.2) is 17.0 Å². The zero-order chi connectivity index (χ0) is 16.8.